The molecule has 1 aromatic heterocycles. The molecule has 0 spiro atoms. The van der Waals surface area contributed by atoms with Gasteiger partial charge in [-0.15, -0.1) is 0 Å². The summed E-state index contributed by atoms with van der Waals surface area (Å²) in [5.41, 5.74) is 1.54. The Morgan fingerprint density at radius 2 is 1.92 bits per heavy atom. The third-order valence-electron chi connectivity index (χ3n) is 3.79. The minimum Gasteiger partial charge on any atom is -0.360 e. The van der Waals surface area contributed by atoms with E-state index in [0.717, 1.165) is 5.56 Å². The number of carbonyl (C=O) groups is 2. The van der Waals surface area contributed by atoms with Crippen LogP contribution in [0.2, 0.25) is 10.0 Å². The van der Waals surface area contributed by atoms with E-state index < -0.39 is 17.5 Å². The zero-order valence-corrected chi connectivity index (χ0v) is 14.4. The van der Waals surface area contributed by atoms with Gasteiger partial charge in [-0.25, -0.2) is 4.39 Å². The molecule has 3 rings (SSSR count). The van der Waals surface area contributed by atoms with E-state index in [-0.39, 0.29) is 12.1 Å². The fourth-order valence-corrected chi connectivity index (χ4v) is 3.02. The molecule has 3 aromatic rings. The number of hydrogen-bond acceptors (Lipinski definition) is 2. The zero-order chi connectivity index (χ0) is 18.0. The molecule has 0 radical (unpaired) electrons. The topological polar surface area (TPSA) is 62.0 Å². The van der Waals surface area contributed by atoms with Gasteiger partial charge in [-0.05, 0) is 42.3 Å². The summed E-state index contributed by atoms with van der Waals surface area (Å²) in [7, 11) is 0. The van der Waals surface area contributed by atoms with Crippen molar-refractivity contribution in [1.82, 2.24) is 10.3 Å². The minimum atomic E-state index is -0.754. The normalized spacial score (nSPS) is 10.8. The second-order valence-corrected chi connectivity index (χ2v) is 6.31. The SMILES string of the molecule is O=C(NCCc1ccc(Cl)cc1Cl)C(=O)c1c[nH]c2ccc(F)cc12. The van der Waals surface area contributed by atoms with Crippen LogP contribution in [0.4, 0.5) is 4.39 Å². The Labute approximate surface area is 152 Å². The number of aromatic amines is 1. The molecule has 4 nitrogen and oxygen atoms in total. The quantitative estimate of drug-likeness (QED) is 0.517. The number of amides is 1. The van der Waals surface area contributed by atoms with Gasteiger partial charge >= 0.3 is 0 Å². The molecular formula is C18H13Cl2FN2O2. The summed E-state index contributed by atoms with van der Waals surface area (Å²) in [4.78, 5) is 27.2. The monoisotopic (exact) mass is 378 g/mol. The van der Waals surface area contributed by atoms with Crippen molar-refractivity contribution in [2.24, 2.45) is 0 Å². The zero-order valence-electron chi connectivity index (χ0n) is 12.9. The highest BCUT2D eigenvalue weighted by atomic mass is 35.5. The predicted molar refractivity (Wildman–Crippen MR) is 95.8 cm³/mol. The third kappa shape index (κ3) is 3.83. The molecular weight excluding hydrogens is 366 g/mol. The van der Waals surface area contributed by atoms with Crippen LogP contribution in [0.3, 0.4) is 0 Å². The first kappa shape index (κ1) is 17.5. The van der Waals surface area contributed by atoms with Crippen molar-refractivity contribution in [2.45, 2.75) is 6.42 Å². The molecule has 0 aliphatic carbocycles. The molecule has 0 saturated heterocycles. The molecule has 2 N–H and O–H groups in total. The molecule has 2 aromatic carbocycles. The van der Waals surface area contributed by atoms with Crippen LogP contribution in [-0.2, 0) is 11.2 Å². The molecule has 7 heteroatoms. The van der Waals surface area contributed by atoms with Crippen LogP contribution in [0, 0.1) is 5.82 Å². The first-order valence-electron chi connectivity index (χ1n) is 7.49. The summed E-state index contributed by atoms with van der Waals surface area (Å²) >= 11 is 11.9. The number of Topliss-reactive ketones (excluding diaryl/α,β-unsaturated/α-hetero) is 1. The molecule has 0 fully saturated rings. The fraction of sp³-hybridized carbons (Fsp3) is 0.111. The third-order valence-corrected chi connectivity index (χ3v) is 4.38. The van der Waals surface area contributed by atoms with E-state index >= 15 is 0 Å². The highest BCUT2D eigenvalue weighted by Crippen LogP contribution is 2.21. The number of hydrogen-bond donors (Lipinski definition) is 2. The average molecular weight is 379 g/mol. The fourth-order valence-electron chi connectivity index (χ4n) is 2.52. The van der Waals surface area contributed by atoms with Crippen molar-refractivity contribution in [1.29, 1.82) is 0 Å². The number of H-pyrrole nitrogens is 1. The van der Waals surface area contributed by atoms with Crippen LogP contribution in [0.5, 0.6) is 0 Å². The standard InChI is InChI=1S/C18H13Cl2FN2O2/c19-11-2-1-10(15(20)7-11)5-6-22-18(25)17(24)14-9-23-16-4-3-12(21)8-13(14)16/h1-4,7-9,23H,5-6H2,(H,22,25). The molecule has 25 heavy (non-hydrogen) atoms. The summed E-state index contributed by atoms with van der Waals surface area (Å²) in [5, 5.41) is 3.96. The number of nitrogens with one attached hydrogen (secondary N) is 2. The Kier molecular flexibility index (Phi) is 5.06. The van der Waals surface area contributed by atoms with Crippen LogP contribution >= 0.6 is 23.2 Å². The number of rotatable bonds is 5. The lowest BCUT2D eigenvalue weighted by atomic mass is 10.1. The van der Waals surface area contributed by atoms with Gasteiger partial charge in [0.05, 0.1) is 5.56 Å². The van der Waals surface area contributed by atoms with E-state index in [2.05, 4.69) is 10.3 Å². The molecule has 1 amide bonds. The molecule has 0 bridgehead atoms. The van der Waals surface area contributed by atoms with E-state index in [9.17, 15) is 14.0 Å². The summed E-state index contributed by atoms with van der Waals surface area (Å²) < 4.78 is 13.4. The van der Waals surface area contributed by atoms with Crippen LogP contribution in [-0.4, -0.2) is 23.2 Å². The Bertz CT molecular complexity index is 969. The van der Waals surface area contributed by atoms with Crippen molar-refractivity contribution < 1.29 is 14.0 Å². The number of aromatic nitrogens is 1. The van der Waals surface area contributed by atoms with Gasteiger partial charge in [0.15, 0.2) is 0 Å². The maximum absolute atomic E-state index is 13.4. The highest BCUT2D eigenvalue weighted by Gasteiger charge is 2.20. The van der Waals surface area contributed by atoms with Crippen LogP contribution < -0.4 is 5.32 Å². The summed E-state index contributed by atoms with van der Waals surface area (Å²) in [6.45, 7) is 0.239. The summed E-state index contributed by atoms with van der Waals surface area (Å²) in [6, 6.07) is 9.11. The lowest BCUT2D eigenvalue weighted by Gasteiger charge is -2.06. The van der Waals surface area contributed by atoms with E-state index in [1.165, 1.54) is 24.4 Å². The Balaban J connectivity index is 1.66. The van der Waals surface area contributed by atoms with Crippen molar-refractivity contribution in [3.8, 4) is 0 Å². The second kappa shape index (κ2) is 7.25. The molecule has 0 aliphatic heterocycles. The van der Waals surface area contributed by atoms with Gasteiger partial charge in [-0.1, -0.05) is 29.3 Å². The van der Waals surface area contributed by atoms with Gasteiger partial charge in [0, 0.05) is 33.7 Å². The highest BCUT2D eigenvalue weighted by molar-refractivity contribution is 6.45. The predicted octanol–water partition coefficient (Wildman–Crippen LogP) is 4.16. The molecule has 0 aliphatic rings. The first-order chi connectivity index (χ1) is 12.0. The van der Waals surface area contributed by atoms with Crippen LogP contribution in [0.25, 0.3) is 10.9 Å². The van der Waals surface area contributed by atoms with Gasteiger partial charge in [0.2, 0.25) is 0 Å². The van der Waals surface area contributed by atoms with Crippen LogP contribution in [0.15, 0.2) is 42.6 Å². The van der Waals surface area contributed by atoms with Crippen molar-refractivity contribution in [3.63, 3.8) is 0 Å². The smallest absolute Gasteiger partial charge is 0.292 e. The largest absolute Gasteiger partial charge is 0.360 e. The lowest BCUT2D eigenvalue weighted by Crippen LogP contribution is -2.32. The van der Waals surface area contributed by atoms with Gasteiger partial charge in [-0.2, -0.15) is 0 Å². The van der Waals surface area contributed by atoms with E-state index in [1.807, 2.05) is 0 Å². The Hall–Kier alpha value is -2.37. The molecule has 0 saturated carbocycles. The molecule has 128 valence electrons. The minimum absolute atomic E-state index is 0.136. The molecule has 0 atom stereocenters. The van der Waals surface area contributed by atoms with E-state index in [1.54, 1.807) is 18.2 Å². The number of halogens is 3. The van der Waals surface area contributed by atoms with E-state index in [4.69, 9.17) is 23.2 Å². The van der Waals surface area contributed by atoms with Crippen molar-refractivity contribution in [2.75, 3.05) is 6.54 Å². The van der Waals surface area contributed by atoms with Gasteiger partial charge in [0.1, 0.15) is 5.82 Å². The van der Waals surface area contributed by atoms with Gasteiger partial charge < -0.3 is 10.3 Å². The van der Waals surface area contributed by atoms with Gasteiger partial charge in [0.25, 0.3) is 11.7 Å². The van der Waals surface area contributed by atoms with Crippen molar-refractivity contribution >= 4 is 45.8 Å². The number of fused-ring (bicyclic) bond motifs is 1. The first-order valence-corrected chi connectivity index (χ1v) is 8.24. The lowest BCUT2D eigenvalue weighted by molar-refractivity contribution is -0.116. The number of benzene rings is 2. The average Bonchev–Trinajstić information content (AvgIpc) is 2.99. The molecule has 0 unspecified atom stereocenters. The molecule has 1 heterocycles. The number of carbonyl (C=O) groups excluding carboxylic acids is 2. The van der Waals surface area contributed by atoms with E-state index in [0.29, 0.717) is 27.4 Å². The maximum atomic E-state index is 13.4. The Morgan fingerprint density at radius 1 is 1.12 bits per heavy atom. The number of ketones is 1. The summed E-state index contributed by atoms with van der Waals surface area (Å²) in [6.07, 6.45) is 1.86. The summed E-state index contributed by atoms with van der Waals surface area (Å²) in [5.74, 6) is -1.95. The maximum Gasteiger partial charge on any atom is 0.292 e. The van der Waals surface area contributed by atoms with Crippen molar-refractivity contribution in [3.05, 3.63) is 69.6 Å². The van der Waals surface area contributed by atoms with Crippen LogP contribution in [0.1, 0.15) is 15.9 Å². The Morgan fingerprint density at radius 3 is 2.68 bits per heavy atom. The van der Waals surface area contributed by atoms with Gasteiger partial charge in [-0.3, -0.25) is 9.59 Å². The second-order valence-electron chi connectivity index (χ2n) is 5.46.